The molecule has 20 heavy (non-hydrogen) atoms. The van der Waals surface area contributed by atoms with E-state index in [1.165, 1.54) is 32.1 Å². The van der Waals surface area contributed by atoms with Crippen molar-refractivity contribution < 1.29 is 9.90 Å². The molecule has 0 heterocycles. The maximum atomic E-state index is 12.0. The van der Waals surface area contributed by atoms with Crippen molar-refractivity contribution in [3.05, 3.63) is 29.8 Å². The van der Waals surface area contributed by atoms with Gasteiger partial charge in [-0.15, -0.1) is 0 Å². The van der Waals surface area contributed by atoms with Crippen LogP contribution in [0.1, 0.15) is 37.7 Å². The van der Waals surface area contributed by atoms with Crippen LogP contribution in [-0.4, -0.2) is 23.6 Å². The smallest absolute Gasteiger partial charge is 0.237 e. The summed E-state index contributed by atoms with van der Waals surface area (Å²) >= 11 is 0. The van der Waals surface area contributed by atoms with Crippen LogP contribution in [-0.2, 0) is 11.2 Å². The maximum absolute atomic E-state index is 12.0. The molecule has 0 aromatic heterocycles. The number of phenolic OH excluding ortho intramolecular Hbond substituents is 1. The highest BCUT2D eigenvalue weighted by atomic mass is 16.3. The number of hydrogen-bond donors (Lipinski definition) is 3. The summed E-state index contributed by atoms with van der Waals surface area (Å²) in [6.45, 7) is 0.752. The molecule has 2 rings (SSSR count). The third-order valence-electron chi connectivity index (χ3n) is 4.02. The molecule has 1 saturated carbocycles. The van der Waals surface area contributed by atoms with Crippen molar-refractivity contribution in [3.63, 3.8) is 0 Å². The third kappa shape index (κ3) is 4.53. The molecule has 110 valence electrons. The standard InChI is InChI=1S/C16H24N2O2/c17-15(10-12-6-8-14(19)9-7-12)16(20)18-11-13-4-2-1-3-5-13/h6-9,13,15,19H,1-5,10-11,17H2,(H,18,20). The lowest BCUT2D eigenvalue weighted by atomic mass is 9.89. The zero-order valence-electron chi connectivity index (χ0n) is 11.8. The number of nitrogens with one attached hydrogen (secondary N) is 1. The summed E-state index contributed by atoms with van der Waals surface area (Å²) in [7, 11) is 0. The molecule has 1 unspecified atom stereocenters. The number of benzene rings is 1. The fourth-order valence-electron chi connectivity index (χ4n) is 2.75. The van der Waals surface area contributed by atoms with Crippen molar-refractivity contribution in [2.45, 2.75) is 44.6 Å². The topological polar surface area (TPSA) is 75.3 Å². The summed E-state index contributed by atoms with van der Waals surface area (Å²) < 4.78 is 0. The Morgan fingerprint density at radius 2 is 1.90 bits per heavy atom. The molecular formula is C16H24N2O2. The molecule has 1 aliphatic rings. The third-order valence-corrected chi connectivity index (χ3v) is 4.02. The molecule has 1 fully saturated rings. The Hall–Kier alpha value is -1.55. The minimum Gasteiger partial charge on any atom is -0.508 e. The van der Waals surface area contributed by atoms with Crippen LogP contribution in [0.4, 0.5) is 0 Å². The van der Waals surface area contributed by atoms with E-state index < -0.39 is 6.04 Å². The van der Waals surface area contributed by atoms with Gasteiger partial charge in [0.25, 0.3) is 0 Å². The predicted octanol–water partition coefficient (Wildman–Crippen LogP) is 1.96. The van der Waals surface area contributed by atoms with E-state index in [0.29, 0.717) is 12.3 Å². The second kappa shape index (κ2) is 7.29. The molecule has 0 saturated heterocycles. The summed E-state index contributed by atoms with van der Waals surface area (Å²) in [4.78, 5) is 12.0. The summed E-state index contributed by atoms with van der Waals surface area (Å²) in [6.07, 6.45) is 6.81. The Kier molecular flexibility index (Phi) is 5.41. The molecule has 1 aromatic rings. The molecule has 0 aliphatic heterocycles. The number of phenols is 1. The van der Waals surface area contributed by atoms with Gasteiger partial charge in [0.2, 0.25) is 5.91 Å². The lowest BCUT2D eigenvalue weighted by Crippen LogP contribution is -2.43. The molecule has 0 bridgehead atoms. The number of amides is 1. The zero-order chi connectivity index (χ0) is 14.4. The van der Waals surface area contributed by atoms with Crippen LogP contribution in [0.3, 0.4) is 0 Å². The predicted molar refractivity (Wildman–Crippen MR) is 79.4 cm³/mol. The van der Waals surface area contributed by atoms with E-state index in [9.17, 15) is 9.90 Å². The van der Waals surface area contributed by atoms with E-state index in [0.717, 1.165) is 12.1 Å². The largest absolute Gasteiger partial charge is 0.508 e. The minimum atomic E-state index is -0.525. The molecule has 4 nitrogen and oxygen atoms in total. The molecule has 1 aromatic carbocycles. The molecule has 1 atom stereocenters. The van der Waals surface area contributed by atoms with E-state index in [2.05, 4.69) is 5.32 Å². The highest BCUT2D eigenvalue weighted by Gasteiger charge is 2.17. The number of rotatable bonds is 5. The molecule has 4 heteroatoms. The summed E-state index contributed by atoms with van der Waals surface area (Å²) in [6, 6.07) is 6.29. The van der Waals surface area contributed by atoms with Crippen LogP contribution in [0, 0.1) is 5.92 Å². The highest BCUT2D eigenvalue weighted by molar-refractivity contribution is 5.81. The Morgan fingerprint density at radius 3 is 2.55 bits per heavy atom. The van der Waals surface area contributed by atoms with Crippen molar-refractivity contribution in [2.75, 3.05) is 6.54 Å². The van der Waals surface area contributed by atoms with E-state index >= 15 is 0 Å². The van der Waals surface area contributed by atoms with Gasteiger partial charge in [-0.3, -0.25) is 4.79 Å². The molecular weight excluding hydrogens is 252 g/mol. The summed E-state index contributed by atoms with van der Waals surface area (Å²) in [5.41, 5.74) is 6.89. The Labute approximate surface area is 120 Å². The second-order valence-corrected chi connectivity index (χ2v) is 5.73. The first kappa shape index (κ1) is 14.9. The van der Waals surface area contributed by atoms with E-state index in [1.54, 1.807) is 24.3 Å². The monoisotopic (exact) mass is 276 g/mol. The number of carbonyl (C=O) groups excluding carboxylic acids is 1. The van der Waals surface area contributed by atoms with Crippen LogP contribution >= 0.6 is 0 Å². The lowest BCUT2D eigenvalue weighted by molar-refractivity contribution is -0.122. The summed E-state index contributed by atoms with van der Waals surface area (Å²) in [5, 5.41) is 12.2. The first-order valence-corrected chi connectivity index (χ1v) is 7.46. The quantitative estimate of drug-likeness (QED) is 0.769. The fraction of sp³-hybridized carbons (Fsp3) is 0.562. The normalized spacial score (nSPS) is 17.6. The lowest BCUT2D eigenvalue weighted by Gasteiger charge is -2.22. The van der Waals surface area contributed by atoms with Gasteiger partial charge in [-0.05, 0) is 42.9 Å². The van der Waals surface area contributed by atoms with Gasteiger partial charge in [-0.25, -0.2) is 0 Å². The maximum Gasteiger partial charge on any atom is 0.237 e. The SMILES string of the molecule is NC(Cc1ccc(O)cc1)C(=O)NCC1CCCCC1. The van der Waals surface area contributed by atoms with Crippen molar-refractivity contribution in [2.24, 2.45) is 11.7 Å². The Balaban J connectivity index is 1.75. The first-order valence-electron chi connectivity index (χ1n) is 7.46. The molecule has 4 N–H and O–H groups in total. The van der Waals surface area contributed by atoms with Crippen LogP contribution in [0.25, 0.3) is 0 Å². The summed E-state index contributed by atoms with van der Waals surface area (Å²) in [5.74, 6) is 0.765. The van der Waals surface area contributed by atoms with Gasteiger partial charge in [0.15, 0.2) is 0 Å². The fourth-order valence-corrected chi connectivity index (χ4v) is 2.75. The van der Waals surface area contributed by atoms with Crippen LogP contribution in [0.2, 0.25) is 0 Å². The van der Waals surface area contributed by atoms with Gasteiger partial charge >= 0.3 is 0 Å². The molecule has 1 aliphatic carbocycles. The van der Waals surface area contributed by atoms with Gasteiger partial charge < -0.3 is 16.2 Å². The minimum absolute atomic E-state index is 0.0800. The van der Waals surface area contributed by atoms with Crippen LogP contribution in [0.5, 0.6) is 5.75 Å². The second-order valence-electron chi connectivity index (χ2n) is 5.73. The Morgan fingerprint density at radius 1 is 1.25 bits per heavy atom. The number of hydrogen-bond acceptors (Lipinski definition) is 3. The van der Waals surface area contributed by atoms with Crippen molar-refractivity contribution in [1.82, 2.24) is 5.32 Å². The van der Waals surface area contributed by atoms with E-state index in [4.69, 9.17) is 5.73 Å². The van der Waals surface area contributed by atoms with Crippen molar-refractivity contribution in [1.29, 1.82) is 0 Å². The van der Waals surface area contributed by atoms with Crippen molar-refractivity contribution >= 4 is 5.91 Å². The molecule has 0 spiro atoms. The number of aromatic hydroxyl groups is 1. The number of carbonyl (C=O) groups is 1. The van der Waals surface area contributed by atoms with Gasteiger partial charge in [0.1, 0.15) is 5.75 Å². The average molecular weight is 276 g/mol. The van der Waals surface area contributed by atoms with Gasteiger partial charge in [0.05, 0.1) is 6.04 Å². The zero-order valence-corrected chi connectivity index (χ0v) is 11.8. The van der Waals surface area contributed by atoms with Crippen molar-refractivity contribution in [3.8, 4) is 5.75 Å². The van der Waals surface area contributed by atoms with Crippen LogP contribution in [0.15, 0.2) is 24.3 Å². The average Bonchev–Trinajstić information content (AvgIpc) is 2.48. The first-order chi connectivity index (χ1) is 9.65. The Bertz CT molecular complexity index is 425. The van der Waals surface area contributed by atoms with Gasteiger partial charge in [-0.2, -0.15) is 0 Å². The van der Waals surface area contributed by atoms with E-state index in [1.807, 2.05) is 0 Å². The highest BCUT2D eigenvalue weighted by Crippen LogP contribution is 2.22. The molecule has 1 amide bonds. The van der Waals surface area contributed by atoms with Gasteiger partial charge in [0, 0.05) is 6.54 Å². The van der Waals surface area contributed by atoms with E-state index in [-0.39, 0.29) is 11.7 Å². The van der Waals surface area contributed by atoms with Crippen LogP contribution < -0.4 is 11.1 Å². The van der Waals surface area contributed by atoms with Gasteiger partial charge in [-0.1, -0.05) is 31.4 Å². The molecule has 0 radical (unpaired) electrons. The number of nitrogens with two attached hydrogens (primary N) is 1.